The number of thiazole rings is 1. The van der Waals surface area contributed by atoms with E-state index in [1.54, 1.807) is 16.8 Å². The molecule has 0 aliphatic carbocycles. The van der Waals surface area contributed by atoms with E-state index >= 15 is 0 Å². The second-order valence-electron chi connectivity index (χ2n) is 6.07. The number of hydrogen-bond acceptors (Lipinski definition) is 3. The van der Waals surface area contributed by atoms with Crippen molar-refractivity contribution in [3.63, 3.8) is 0 Å². The summed E-state index contributed by atoms with van der Waals surface area (Å²) in [7, 11) is 0. The smallest absolute Gasteiger partial charge is 0.274 e. The standard InChI is InChI=1S/C18H16ClF2N3OS/c1-10(2)11-6-15(17(25)23-18-22-7-16(19)26-18)24(8-11)9-12-13(20)4-3-5-14(12)21/h3-8,10H,9H2,1-2H3,(H,22,23,25). The number of carbonyl (C=O) groups excluding carboxylic acids is 1. The van der Waals surface area contributed by atoms with E-state index in [2.05, 4.69) is 10.3 Å². The molecular weight excluding hydrogens is 380 g/mol. The van der Waals surface area contributed by atoms with Crippen molar-refractivity contribution in [3.05, 3.63) is 69.5 Å². The third-order valence-corrected chi connectivity index (χ3v) is 4.94. The molecule has 26 heavy (non-hydrogen) atoms. The number of carbonyl (C=O) groups is 1. The van der Waals surface area contributed by atoms with Crippen molar-refractivity contribution in [3.8, 4) is 0 Å². The highest BCUT2D eigenvalue weighted by Gasteiger charge is 2.19. The lowest BCUT2D eigenvalue weighted by atomic mass is 10.1. The highest BCUT2D eigenvalue weighted by atomic mass is 35.5. The molecule has 0 aliphatic heterocycles. The number of halogens is 3. The minimum Gasteiger partial charge on any atom is -0.339 e. The van der Waals surface area contributed by atoms with Crippen LogP contribution >= 0.6 is 22.9 Å². The molecular formula is C18H16ClF2N3OS. The number of hydrogen-bond donors (Lipinski definition) is 1. The molecule has 1 aromatic carbocycles. The van der Waals surface area contributed by atoms with E-state index in [-0.39, 0.29) is 18.0 Å². The van der Waals surface area contributed by atoms with E-state index < -0.39 is 17.5 Å². The molecule has 0 bridgehead atoms. The summed E-state index contributed by atoms with van der Waals surface area (Å²) in [5.41, 5.74) is 1.09. The minimum atomic E-state index is -0.650. The number of nitrogens with one attached hydrogen (secondary N) is 1. The molecule has 3 rings (SSSR count). The van der Waals surface area contributed by atoms with E-state index in [1.165, 1.54) is 24.4 Å². The third-order valence-electron chi connectivity index (χ3n) is 3.91. The van der Waals surface area contributed by atoms with Gasteiger partial charge < -0.3 is 4.57 Å². The first-order valence-corrected chi connectivity index (χ1v) is 9.10. The maximum atomic E-state index is 14.0. The van der Waals surface area contributed by atoms with Crippen LogP contribution in [0.5, 0.6) is 0 Å². The molecule has 136 valence electrons. The normalized spacial score (nSPS) is 11.2. The molecule has 2 heterocycles. The molecule has 1 amide bonds. The van der Waals surface area contributed by atoms with Gasteiger partial charge in [-0.2, -0.15) is 0 Å². The van der Waals surface area contributed by atoms with Crippen molar-refractivity contribution >= 4 is 34.0 Å². The zero-order chi connectivity index (χ0) is 18.8. The Balaban J connectivity index is 1.95. The van der Waals surface area contributed by atoms with Crippen molar-refractivity contribution in [2.24, 2.45) is 0 Å². The molecule has 4 nitrogen and oxygen atoms in total. The lowest BCUT2D eigenvalue weighted by Crippen LogP contribution is -2.17. The summed E-state index contributed by atoms with van der Waals surface area (Å²) in [4.78, 5) is 16.6. The summed E-state index contributed by atoms with van der Waals surface area (Å²) >= 11 is 6.96. The summed E-state index contributed by atoms with van der Waals surface area (Å²) < 4.78 is 30.0. The van der Waals surface area contributed by atoms with Gasteiger partial charge in [0, 0.05) is 11.8 Å². The third kappa shape index (κ3) is 3.94. The molecule has 0 unspecified atom stereocenters. The van der Waals surface area contributed by atoms with Crippen LogP contribution < -0.4 is 5.32 Å². The van der Waals surface area contributed by atoms with Gasteiger partial charge in [0.25, 0.3) is 5.91 Å². The first-order valence-electron chi connectivity index (χ1n) is 7.90. The van der Waals surface area contributed by atoms with Gasteiger partial charge in [-0.05, 0) is 29.7 Å². The van der Waals surface area contributed by atoms with Gasteiger partial charge in [0.2, 0.25) is 0 Å². The highest BCUT2D eigenvalue weighted by Crippen LogP contribution is 2.25. The Morgan fingerprint density at radius 1 is 1.35 bits per heavy atom. The maximum absolute atomic E-state index is 14.0. The number of aromatic nitrogens is 2. The van der Waals surface area contributed by atoms with Crippen molar-refractivity contribution in [1.29, 1.82) is 0 Å². The fourth-order valence-electron chi connectivity index (χ4n) is 2.50. The van der Waals surface area contributed by atoms with Crippen LogP contribution in [0.1, 0.15) is 41.4 Å². The maximum Gasteiger partial charge on any atom is 0.274 e. The quantitative estimate of drug-likeness (QED) is 0.637. The van der Waals surface area contributed by atoms with Gasteiger partial charge in [-0.25, -0.2) is 13.8 Å². The summed E-state index contributed by atoms with van der Waals surface area (Å²) in [6.07, 6.45) is 3.18. The van der Waals surface area contributed by atoms with Crippen LogP contribution in [-0.4, -0.2) is 15.5 Å². The van der Waals surface area contributed by atoms with Gasteiger partial charge in [-0.15, -0.1) is 0 Å². The Morgan fingerprint density at radius 3 is 2.62 bits per heavy atom. The predicted molar refractivity (Wildman–Crippen MR) is 99.1 cm³/mol. The number of anilines is 1. The van der Waals surface area contributed by atoms with E-state index in [4.69, 9.17) is 11.6 Å². The van der Waals surface area contributed by atoms with Gasteiger partial charge in [-0.3, -0.25) is 10.1 Å². The zero-order valence-electron chi connectivity index (χ0n) is 14.1. The molecule has 0 aliphatic rings. The van der Waals surface area contributed by atoms with E-state index in [0.717, 1.165) is 16.9 Å². The molecule has 0 saturated carbocycles. The fraction of sp³-hybridized carbons (Fsp3) is 0.222. The average molecular weight is 396 g/mol. The van der Waals surface area contributed by atoms with E-state index in [9.17, 15) is 13.6 Å². The second-order valence-corrected chi connectivity index (χ2v) is 7.73. The first kappa shape index (κ1) is 18.5. The van der Waals surface area contributed by atoms with Gasteiger partial charge in [0.1, 0.15) is 21.7 Å². The van der Waals surface area contributed by atoms with Crippen molar-refractivity contribution in [2.75, 3.05) is 5.32 Å². The topological polar surface area (TPSA) is 46.9 Å². The predicted octanol–water partition coefficient (Wildman–Crippen LogP) is 5.30. The fourth-order valence-corrected chi connectivity index (χ4v) is 3.30. The van der Waals surface area contributed by atoms with Gasteiger partial charge >= 0.3 is 0 Å². The van der Waals surface area contributed by atoms with Crippen LogP contribution in [0.15, 0.2) is 36.7 Å². The first-order chi connectivity index (χ1) is 12.3. The van der Waals surface area contributed by atoms with Crippen LogP contribution in [0.4, 0.5) is 13.9 Å². The van der Waals surface area contributed by atoms with E-state index in [0.29, 0.717) is 15.2 Å². The van der Waals surface area contributed by atoms with Crippen LogP contribution in [0, 0.1) is 11.6 Å². The Morgan fingerprint density at radius 2 is 2.04 bits per heavy atom. The molecule has 0 spiro atoms. The molecule has 2 aromatic heterocycles. The highest BCUT2D eigenvalue weighted by molar-refractivity contribution is 7.19. The Kier molecular flexibility index (Phi) is 5.38. The SMILES string of the molecule is CC(C)c1cc(C(=O)Nc2ncc(Cl)s2)n(Cc2c(F)cccc2F)c1. The van der Waals surface area contributed by atoms with Crippen molar-refractivity contribution in [1.82, 2.24) is 9.55 Å². The Hall–Kier alpha value is -2.25. The van der Waals surface area contributed by atoms with E-state index in [1.807, 2.05) is 13.8 Å². The number of rotatable bonds is 5. The molecule has 8 heteroatoms. The molecule has 1 N–H and O–H groups in total. The molecule has 0 fully saturated rings. The number of nitrogens with zero attached hydrogens (tertiary/aromatic N) is 2. The summed E-state index contributed by atoms with van der Waals surface area (Å²) in [6.45, 7) is 3.86. The summed E-state index contributed by atoms with van der Waals surface area (Å²) in [6, 6.07) is 5.42. The Bertz CT molecular complexity index is 932. The zero-order valence-corrected chi connectivity index (χ0v) is 15.7. The number of amides is 1. The molecule has 0 radical (unpaired) electrons. The Labute approximate surface area is 158 Å². The second kappa shape index (κ2) is 7.55. The summed E-state index contributed by atoms with van der Waals surface area (Å²) in [5, 5.41) is 3.02. The van der Waals surface area contributed by atoms with Gasteiger partial charge in [-0.1, -0.05) is 42.9 Å². The van der Waals surface area contributed by atoms with Crippen LogP contribution in [0.25, 0.3) is 0 Å². The molecule has 0 atom stereocenters. The van der Waals surface area contributed by atoms with Crippen LogP contribution in [-0.2, 0) is 6.54 Å². The van der Waals surface area contributed by atoms with Gasteiger partial charge in [0.15, 0.2) is 5.13 Å². The monoisotopic (exact) mass is 395 g/mol. The lowest BCUT2D eigenvalue weighted by Gasteiger charge is -2.10. The molecule has 3 aromatic rings. The minimum absolute atomic E-state index is 0.0907. The summed E-state index contributed by atoms with van der Waals surface area (Å²) in [5.74, 6) is -1.56. The average Bonchev–Trinajstić information content (AvgIpc) is 3.17. The lowest BCUT2D eigenvalue weighted by molar-refractivity contribution is 0.101. The van der Waals surface area contributed by atoms with Crippen molar-refractivity contribution in [2.45, 2.75) is 26.3 Å². The van der Waals surface area contributed by atoms with Crippen LogP contribution in [0.2, 0.25) is 4.34 Å². The van der Waals surface area contributed by atoms with Gasteiger partial charge in [0.05, 0.1) is 12.7 Å². The van der Waals surface area contributed by atoms with Crippen molar-refractivity contribution < 1.29 is 13.6 Å². The largest absolute Gasteiger partial charge is 0.339 e. The van der Waals surface area contributed by atoms with Crippen LogP contribution in [0.3, 0.4) is 0 Å². The molecule has 0 saturated heterocycles. The number of benzene rings is 1.